The average molecular weight is 1550 g/mol. The van der Waals surface area contributed by atoms with Gasteiger partial charge in [-0.15, -0.1) is 0 Å². The molecule has 0 aliphatic heterocycles. The van der Waals surface area contributed by atoms with Crippen LogP contribution in [0.4, 0.5) is 52.7 Å². The van der Waals surface area contributed by atoms with Crippen LogP contribution in [0.2, 0.25) is 0 Å². The van der Waals surface area contributed by atoms with Crippen LogP contribution in [0, 0.1) is 26.7 Å². The van der Waals surface area contributed by atoms with E-state index < -0.39 is 72.5 Å². The summed E-state index contributed by atoms with van der Waals surface area (Å²) in [6.45, 7) is 17.7. The molecule has 2 aromatic heterocycles. The van der Waals surface area contributed by atoms with E-state index in [0.29, 0.717) is 26.7 Å². The highest BCUT2D eigenvalue weighted by Crippen LogP contribution is 2.30. The maximum Gasteiger partial charge on any atom is 0.471 e. The monoisotopic (exact) mass is 1540 g/mol. The summed E-state index contributed by atoms with van der Waals surface area (Å²) >= 11 is 6.34. The summed E-state index contributed by atoms with van der Waals surface area (Å²) in [5, 5.41) is 43.2. The molecule has 6 aromatic carbocycles. The quantitative estimate of drug-likeness (QED) is 0.0519. The van der Waals surface area contributed by atoms with E-state index in [9.17, 15) is 77.0 Å². The van der Waals surface area contributed by atoms with Gasteiger partial charge < -0.3 is 48.1 Å². The van der Waals surface area contributed by atoms with Crippen LogP contribution in [0.3, 0.4) is 0 Å². The maximum atomic E-state index is 12.2. The molecule has 9 rings (SSSR count). The SMILES string of the molecule is CC1CC1.C[C@@H](N)c1cccc(O)c1.C[C@@H](NC(=O)C(F)(F)F)c1ccc(Br)c(O)c1.C[C@@H](NC(=O)C(F)(F)F)c1cccc(O)c1.Cc1cc([C@@H](C)N)ccc1-n1cccn1.Cc1cc([C@@H](C)NC(=O)C(F)(F)F)ccc1-n1cccn1.Cc1cc([C@@H](C)NC(=O)C(F)(F)F)ccc1Br. The lowest BCUT2D eigenvalue weighted by molar-refractivity contribution is -0.174. The van der Waals surface area contributed by atoms with Crippen molar-refractivity contribution in [3.63, 3.8) is 0 Å². The van der Waals surface area contributed by atoms with Gasteiger partial charge in [-0.3, -0.25) is 19.2 Å². The molecule has 0 saturated heterocycles. The van der Waals surface area contributed by atoms with Crippen LogP contribution >= 0.6 is 31.9 Å². The molecule has 100 heavy (non-hydrogen) atoms. The number of nitrogens with zero attached hydrogens (tertiary/aromatic N) is 4. The van der Waals surface area contributed by atoms with Gasteiger partial charge in [0.1, 0.15) is 17.2 Å². The van der Waals surface area contributed by atoms with Gasteiger partial charge in [-0.1, -0.05) is 102 Å². The third kappa shape index (κ3) is 29.9. The first kappa shape index (κ1) is 85.3. The Hall–Kier alpha value is -8.94. The number of aryl methyl sites for hydroxylation is 3. The minimum absolute atomic E-state index is 0.00731. The van der Waals surface area contributed by atoms with Gasteiger partial charge in [-0.25, -0.2) is 9.36 Å². The van der Waals surface area contributed by atoms with Gasteiger partial charge in [0.2, 0.25) is 0 Å². The number of hydrogen-bond acceptors (Lipinski definition) is 11. The van der Waals surface area contributed by atoms with Gasteiger partial charge in [-0.2, -0.15) is 62.9 Å². The predicted molar refractivity (Wildman–Crippen MR) is 362 cm³/mol. The van der Waals surface area contributed by atoms with Crippen molar-refractivity contribution in [3.05, 3.63) is 217 Å². The molecule has 0 spiro atoms. The van der Waals surface area contributed by atoms with Crippen molar-refractivity contribution >= 4 is 55.5 Å². The fourth-order valence-electron chi connectivity index (χ4n) is 8.20. The Morgan fingerprint density at radius 3 is 1.02 bits per heavy atom. The van der Waals surface area contributed by atoms with Crippen molar-refractivity contribution < 1.29 is 87.2 Å². The first-order valence-electron chi connectivity index (χ1n) is 30.4. The third-order valence-electron chi connectivity index (χ3n) is 14.2. The van der Waals surface area contributed by atoms with E-state index >= 15 is 0 Å². The van der Waals surface area contributed by atoms with Gasteiger partial charge in [-0.05, 0) is 201 Å². The maximum absolute atomic E-state index is 12.2. The molecule has 1 aliphatic carbocycles. The molecule has 1 fully saturated rings. The first-order chi connectivity index (χ1) is 46.3. The lowest BCUT2D eigenvalue weighted by atomic mass is 10.0. The molecule has 17 nitrogen and oxygen atoms in total. The second-order valence-electron chi connectivity index (χ2n) is 22.9. The topological polar surface area (TPSA) is 265 Å². The minimum atomic E-state index is -4.91. The molecule has 0 unspecified atom stereocenters. The average Bonchev–Trinajstić information content (AvgIpc) is 1.45. The third-order valence-corrected chi connectivity index (χ3v) is 15.7. The number of halogens is 14. The Labute approximate surface area is 587 Å². The Balaban J connectivity index is 0.000000311. The number of aromatic hydroxyl groups is 3. The second-order valence-corrected chi connectivity index (χ2v) is 24.6. The molecule has 0 bridgehead atoms. The second kappa shape index (κ2) is 38.6. The van der Waals surface area contributed by atoms with E-state index in [1.807, 2.05) is 61.3 Å². The molecule has 544 valence electrons. The summed E-state index contributed by atoms with van der Waals surface area (Å²) in [7, 11) is 0. The Bertz CT molecular complexity index is 3820. The summed E-state index contributed by atoms with van der Waals surface area (Å²) in [4.78, 5) is 43.0. The number of benzene rings is 6. The van der Waals surface area contributed by atoms with E-state index in [1.54, 1.807) is 94.6 Å². The van der Waals surface area contributed by atoms with Crippen LogP contribution in [-0.4, -0.2) is 83.2 Å². The van der Waals surface area contributed by atoms with Crippen LogP contribution in [0.1, 0.15) is 148 Å². The van der Waals surface area contributed by atoms with Crippen LogP contribution in [-0.2, 0) is 19.2 Å². The van der Waals surface area contributed by atoms with Crippen LogP contribution in [0.15, 0.2) is 167 Å². The Morgan fingerprint density at radius 2 is 0.730 bits per heavy atom. The number of carbonyl (C=O) groups excluding carboxylic acids is 4. The number of phenols is 3. The molecule has 6 atom stereocenters. The summed E-state index contributed by atoms with van der Waals surface area (Å²) in [6, 6.07) is 34.1. The van der Waals surface area contributed by atoms with Crippen LogP contribution in [0.25, 0.3) is 11.4 Å². The number of alkyl halides is 12. The number of amides is 4. The Kier molecular flexibility index (Phi) is 32.9. The molecule has 31 heteroatoms. The molecule has 1 aliphatic rings. The highest BCUT2D eigenvalue weighted by molar-refractivity contribution is 9.10. The molecule has 11 N–H and O–H groups in total. The van der Waals surface area contributed by atoms with Crippen molar-refractivity contribution in [2.24, 2.45) is 17.4 Å². The van der Waals surface area contributed by atoms with E-state index in [4.69, 9.17) is 21.7 Å². The summed E-state index contributed by atoms with van der Waals surface area (Å²) in [5.41, 5.74) is 20.4. The van der Waals surface area contributed by atoms with Crippen molar-refractivity contribution in [2.75, 3.05) is 0 Å². The number of hydrogen-bond donors (Lipinski definition) is 9. The number of nitrogens with one attached hydrogen (secondary N) is 4. The van der Waals surface area contributed by atoms with Gasteiger partial charge in [0.15, 0.2) is 0 Å². The molecule has 8 aromatic rings. The minimum Gasteiger partial charge on any atom is -0.508 e. The fraction of sp³-hybridized carbons (Fsp3) is 0.333. The number of nitrogens with two attached hydrogens (primary N) is 2. The van der Waals surface area contributed by atoms with Crippen molar-refractivity contribution in [2.45, 2.75) is 143 Å². The summed E-state index contributed by atoms with van der Waals surface area (Å²) in [6.07, 6.45) is -9.43. The first-order valence-corrected chi connectivity index (χ1v) is 31.9. The summed E-state index contributed by atoms with van der Waals surface area (Å²) in [5.74, 6) is -6.68. The smallest absolute Gasteiger partial charge is 0.471 e. The molecular weight excluding hydrogens is 1470 g/mol. The fourth-order valence-corrected chi connectivity index (χ4v) is 8.69. The number of phenolic OH excluding ortho intramolecular Hbond substituents is 3. The highest BCUT2D eigenvalue weighted by atomic mass is 79.9. The number of carbonyl (C=O) groups is 4. The molecular formula is C69H78Br2F12N10O7. The van der Waals surface area contributed by atoms with Crippen molar-refractivity contribution in [3.8, 4) is 28.6 Å². The van der Waals surface area contributed by atoms with Gasteiger partial charge >= 0.3 is 48.3 Å². The lowest BCUT2D eigenvalue weighted by Crippen LogP contribution is -2.38. The normalized spacial score (nSPS) is 13.6. The zero-order valence-corrected chi connectivity index (χ0v) is 58.8. The standard InChI is InChI=1S/C14H14F3N3O.C12H15N3.C11H11BrF3NO.C10H9BrF3NO2.C10H10F3NO2.C8H11NO.C4H8/c1-9-8-11(10(2)19-13(21)14(15,16)17)4-5-12(9)20-7-3-6-18-20;1-9-8-11(10(2)13)4-5-12(9)15-7-3-6-14-15;1-6-5-8(3-4-9(6)12)7(2)16-10(17)11(13,14)15;1-5(15-9(17)10(12,13)14)6-2-3-7(11)8(16)4-6;1-6(14-9(16)10(11,12)13)7-3-2-4-8(15)5-7;1-6(9)7-3-2-4-8(10)5-7;1-4-2-3-4/h3-8,10H,1-2H3,(H,19,21);3-8,10H,13H2,1-2H3;3-5,7H,1-2H3,(H,16,17);2-5,16H,1H3,(H,15,17);2-6,15H,1H3,(H,14,16);2-6,10H,9H2,1H3;4H,2-3H2,1H3/t2*10-;7-;5-;2*6-;/m111111./s1. The molecule has 2 heterocycles. The predicted octanol–water partition coefficient (Wildman–Crippen LogP) is 16.5. The Morgan fingerprint density at radius 1 is 0.440 bits per heavy atom. The molecule has 1 saturated carbocycles. The highest BCUT2D eigenvalue weighted by Gasteiger charge is 2.42. The number of aromatic nitrogens is 4. The largest absolute Gasteiger partial charge is 0.508 e. The van der Waals surface area contributed by atoms with Crippen molar-refractivity contribution in [1.29, 1.82) is 0 Å². The van der Waals surface area contributed by atoms with Crippen molar-refractivity contribution in [1.82, 2.24) is 40.8 Å². The van der Waals surface area contributed by atoms with E-state index in [-0.39, 0.29) is 29.3 Å². The van der Waals surface area contributed by atoms with E-state index in [2.05, 4.69) is 74.1 Å². The lowest BCUT2D eigenvalue weighted by Gasteiger charge is -2.17. The number of rotatable bonds is 12. The van der Waals surface area contributed by atoms with Crippen LogP contribution in [0.5, 0.6) is 17.2 Å². The van der Waals surface area contributed by atoms with E-state index in [1.165, 1.54) is 88.6 Å². The van der Waals surface area contributed by atoms with Gasteiger partial charge in [0.25, 0.3) is 0 Å². The molecule has 0 radical (unpaired) electrons. The zero-order chi connectivity index (χ0) is 75.8. The van der Waals surface area contributed by atoms with Gasteiger partial charge in [0, 0.05) is 41.3 Å². The molecule has 4 amide bonds. The van der Waals surface area contributed by atoms with Crippen LogP contribution < -0.4 is 32.7 Å². The zero-order valence-electron chi connectivity index (χ0n) is 55.7. The summed E-state index contributed by atoms with van der Waals surface area (Å²) < 4.78 is 149. The van der Waals surface area contributed by atoms with Gasteiger partial charge in [0.05, 0.1) is 40.0 Å². The van der Waals surface area contributed by atoms with E-state index in [0.717, 1.165) is 44.0 Å².